The van der Waals surface area contributed by atoms with E-state index in [0.29, 0.717) is 24.4 Å². The van der Waals surface area contributed by atoms with Crippen molar-refractivity contribution in [1.82, 2.24) is 14.7 Å². The van der Waals surface area contributed by atoms with E-state index in [1.807, 2.05) is 34.1 Å². The van der Waals surface area contributed by atoms with E-state index in [0.717, 1.165) is 72.4 Å². The zero-order valence-corrected chi connectivity index (χ0v) is 23.6. The van der Waals surface area contributed by atoms with Crippen molar-refractivity contribution < 1.29 is 27.9 Å². The van der Waals surface area contributed by atoms with Gasteiger partial charge in [0.05, 0.1) is 12.2 Å². The molecule has 3 aliphatic rings. The minimum atomic E-state index is -4.85. The van der Waals surface area contributed by atoms with Crippen LogP contribution in [0.2, 0.25) is 5.02 Å². The number of piperazine rings is 1. The molecule has 1 amide bonds. The maximum Gasteiger partial charge on any atom is 0.433 e. The summed E-state index contributed by atoms with van der Waals surface area (Å²) in [7, 11) is 0. The second-order valence-corrected chi connectivity index (χ2v) is 11.6. The standard InChI is InChI=1S/C30H31ClF3N5O3/c31-21-7-10-24(19-5-8-22(9-6-19)36-12-14-37(15-13-36)28(40)20-3-4-20)26(16-21)38-11-1-2-23(18-38)39-27(30(32,33)34)25(17-35-39)29(41)42/h5-10,16-17,20,23H,1-4,11-15,18H2,(H,41,42). The molecule has 0 radical (unpaired) electrons. The molecular formula is C30H31ClF3N5O3. The fourth-order valence-electron chi connectivity index (χ4n) is 6.09. The number of carboxylic acid groups (broad SMARTS) is 1. The van der Waals surface area contributed by atoms with Gasteiger partial charge in [-0.1, -0.05) is 29.8 Å². The van der Waals surface area contributed by atoms with Gasteiger partial charge in [-0.3, -0.25) is 9.48 Å². The molecule has 1 N–H and O–H groups in total. The van der Waals surface area contributed by atoms with Gasteiger partial charge in [0.2, 0.25) is 5.91 Å². The quantitative estimate of drug-likeness (QED) is 0.383. The van der Waals surface area contributed by atoms with Crippen LogP contribution in [0.25, 0.3) is 11.1 Å². The van der Waals surface area contributed by atoms with E-state index in [4.69, 9.17) is 11.6 Å². The van der Waals surface area contributed by atoms with Crippen molar-refractivity contribution in [2.24, 2.45) is 5.92 Å². The van der Waals surface area contributed by atoms with Crippen LogP contribution < -0.4 is 9.80 Å². The maximum atomic E-state index is 13.9. The van der Waals surface area contributed by atoms with E-state index in [1.54, 1.807) is 6.07 Å². The lowest BCUT2D eigenvalue weighted by molar-refractivity contribution is -0.145. The fraction of sp³-hybridized carbons (Fsp3) is 0.433. The molecule has 6 rings (SSSR count). The number of aromatic carboxylic acids is 1. The van der Waals surface area contributed by atoms with E-state index >= 15 is 0 Å². The molecule has 1 unspecified atom stereocenters. The van der Waals surface area contributed by atoms with Crippen molar-refractivity contribution in [3.05, 3.63) is 64.9 Å². The highest BCUT2D eigenvalue weighted by molar-refractivity contribution is 6.31. The predicted octanol–water partition coefficient (Wildman–Crippen LogP) is 5.82. The number of halogens is 4. The van der Waals surface area contributed by atoms with E-state index in [9.17, 15) is 27.9 Å². The van der Waals surface area contributed by atoms with Crippen molar-refractivity contribution in [2.45, 2.75) is 37.9 Å². The molecule has 2 saturated heterocycles. The second kappa shape index (κ2) is 11.2. The highest BCUT2D eigenvalue weighted by atomic mass is 35.5. The minimum Gasteiger partial charge on any atom is -0.478 e. The highest BCUT2D eigenvalue weighted by Crippen LogP contribution is 2.40. The molecule has 8 nitrogen and oxygen atoms in total. The number of carbonyl (C=O) groups is 2. The zero-order chi connectivity index (χ0) is 29.6. The van der Waals surface area contributed by atoms with Crippen LogP contribution in [-0.2, 0) is 11.0 Å². The Morgan fingerprint density at radius 3 is 2.29 bits per heavy atom. The number of amides is 1. The Morgan fingerprint density at radius 1 is 0.929 bits per heavy atom. The lowest BCUT2D eigenvalue weighted by Gasteiger charge is -2.37. The van der Waals surface area contributed by atoms with Crippen molar-refractivity contribution in [2.75, 3.05) is 49.1 Å². The summed E-state index contributed by atoms with van der Waals surface area (Å²) in [5.74, 6) is -1.15. The van der Waals surface area contributed by atoms with Gasteiger partial charge in [0, 0.05) is 67.1 Å². The Hall–Kier alpha value is -3.73. The third kappa shape index (κ3) is 5.66. The summed E-state index contributed by atoms with van der Waals surface area (Å²) in [4.78, 5) is 30.1. The topological polar surface area (TPSA) is 81.9 Å². The molecule has 42 heavy (non-hydrogen) atoms. The average molecular weight is 602 g/mol. The average Bonchev–Trinajstić information content (AvgIpc) is 3.73. The molecule has 0 bridgehead atoms. The van der Waals surface area contributed by atoms with Gasteiger partial charge < -0.3 is 19.8 Å². The number of anilines is 2. The summed E-state index contributed by atoms with van der Waals surface area (Å²) in [6, 6.07) is 13.0. The van der Waals surface area contributed by atoms with Gasteiger partial charge in [0.15, 0.2) is 5.69 Å². The van der Waals surface area contributed by atoms with Crippen LogP contribution >= 0.6 is 11.6 Å². The number of nitrogens with zero attached hydrogens (tertiary/aromatic N) is 5. The van der Waals surface area contributed by atoms with E-state index in [2.05, 4.69) is 22.1 Å². The van der Waals surface area contributed by atoms with Crippen LogP contribution in [0.15, 0.2) is 48.7 Å². The SMILES string of the molecule is O=C(O)c1cnn(C2CCCN(c3cc(Cl)ccc3-c3ccc(N4CCN(C(=O)C5CC5)CC4)cc3)C2)c1C(F)(F)F. The first-order valence-electron chi connectivity index (χ1n) is 14.2. The van der Waals surface area contributed by atoms with Gasteiger partial charge in [-0.25, -0.2) is 4.79 Å². The van der Waals surface area contributed by atoms with E-state index in [-0.39, 0.29) is 18.4 Å². The molecule has 3 heterocycles. The number of hydrogen-bond donors (Lipinski definition) is 1. The molecule has 3 fully saturated rings. The van der Waals surface area contributed by atoms with E-state index < -0.39 is 29.4 Å². The number of alkyl halides is 3. The molecule has 2 aliphatic heterocycles. The van der Waals surface area contributed by atoms with Gasteiger partial charge in [-0.05, 0) is 55.5 Å². The lowest BCUT2D eigenvalue weighted by Crippen LogP contribution is -2.49. The molecule has 1 saturated carbocycles. The fourth-order valence-corrected chi connectivity index (χ4v) is 6.25. The Bertz CT molecular complexity index is 1480. The van der Waals surface area contributed by atoms with Crippen LogP contribution in [0.1, 0.15) is 47.8 Å². The smallest absolute Gasteiger partial charge is 0.433 e. The lowest BCUT2D eigenvalue weighted by atomic mass is 9.99. The molecule has 1 aromatic heterocycles. The van der Waals surface area contributed by atoms with Crippen LogP contribution in [-0.4, -0.2) is 70.9 Å². The Labute approximate surface area is 246 Å². The predicted molar refractivity (Wildman–Crippen MR) is 153 cm³/mol. The number of piperidine rings is 1. The molecule has 1 atom stereocenters. The second-order valence-electron chi connectivity index (χ2n) is 11.2. The molecular weight excluding hydrogens is 571 g/mol. The molecule has 222 valence electrons. The molecule has 2 aromatic carbocycles. The summed E-state index contributed by atoms with van der Waals surface area (Å²) in [6.07, 6.45) is -1.02. The van der Waals surface area contributed by atoms with Gasteiger partial charge in [-0.2, -0.15) is 18.3 Å². The number of carbonyl (C=O) groups excluding carboxylic acids is 1. The van der Waals surface area contributed by atoms with Gasteiger partial charge in [-0.15, -0.1) is 0 Å². The number of aromatic nitrogens is 2. The third-order valence-corrected chi connectivity index (χ3v) is 8.63. The van der Waals surface area contributed by atoms with E-state index in [1.165, 1.54) is 0 Å². The van der Waals surface area contributed by atoms with Gasteiger partial charge in [0.25, 0.3) is 0 Å². The summed E-state index contributed by atoms with van der Waals surface area (Å²) >= 11 is 6.39. The first kappa shape index (κ1) is 28.4. The summed E-state index contributed by atoms with van der Waals surface area (Å²) in [5.41, 5.74) is 1.62. The highest BCUT2D eigenvalue weighted by Gasteiger charge is 2.42. The normalized spacial score (nSPS) is 19.7. The summed E-state index contributed by atoms with van der Waals surface area (Å²) in [5, 5.41) is 13.7. The molecule has 1 aliphatic carbocycles. The number of benzene rings is 2. The first-order chi connectivity index (χ1) is 20.1. The minimum absolute atomic E-state index is 0.221. The monoisotopic (exact) mass is 601 g/mol. The number of carboxylic acids is 1. The van der Waals surface area contributed by atoms with Crippen molar-refractivity contribution in [3.8, 4) is 11.1 Å². The van der Waals surface area contributed by atoms with Crippen molar-refractivity contribution in [1.29, 1.82) is 0 Å². The van der Waals surface area contributed by atoms with Gasteiger partial charge in [0.1, 0.15) is 5.56 Å². The van der Waals surface area contributed by atoms with Crippen LogP contribution in [0.4, 0.5) is 24.5 Å². The first-order valence-corrected chi connectivity index (χ1v) is 14.5. The third-order valence-electron chi connectivity index (χ3n) is 8.40. The maximum absolute atomic E-state index is 13.9. The number of rotatable bonds is 6. The zero-order valence-electron chi connectivity index (χ0n) is 22.9. The Morgan fingerprint density at radius 2 is 1.64 bits per heavy atom. The Kier molecular flexibility index (Phi) is 7.55. The largest absolute Gasteiger partial charge is 0.478 e. The summed E-state index contributed by atoms with van der Waals surface area (Å²) in [6.45, 7) is 3.81. The van der Waals surface area contributed by atoms with Crippen LogP contribution in [0.3, 0.4) is 0 Å². The van der Waals surface area contributed by atoms with Crippen molar-refractivity contribution in [3.63, 3.8) is 0 Å². The molecule has 0 spiro atoms. The Balaban J connectivity index is 1.21. The van der Waals surface area contributed by atoms with Gasteiger partial charge >= 0.3 is 12.1 Å². The van der Waals surface area contributed by atoms with Crippen LogP contribution in [0.5, 0.6) is 0 Å². The van der Waals surface area contributed by atoms with Crippen molar-refractivity contribution >= 4 is 34.9 Å². The van der Waals surface area contributed by atoms with Crippen LogP contribution in [0, 0.1) is 5.92 Å². The molecule has 12 heteroatoms. The molecule has 3 aromatic rings. The number of hydrogen-bond acceptors (Lipinski definition) is 5. The summed E-state index contributed by atoms with van der Waals surface area (Å²) < 4.78 is 42.5.